The number of nitrogens with zero attached hydrogens (tertiary/aromatic N) is 1. The Morgan fingerprint density at radius 1 is 1.29 bits per heavy atom. The van der Waals surface area contributed by atoms with Gasteiger partial charge in [-0.3, -0.25) is 14.5 Å². The van der Waals surface area contributed by atoms with Crippen molar-refractivity contribution in [3.63, 3.8) is 0 Å². The van der Waals surface area contributed by atoms with Crippen molar-refractivity contribution in [2.24, 2.45) is 11.7 Å². The normalized spacial score (nSPS) is 29.9. The highest BCUT2D eigenvalue weighted by molar-refractivity contribution is 7.10. The second-order valence-corrected chi connectivity index (χ2v) is 13.3. The first kappa shape index (κ1) is 29.8. The molecule has 13 heteroatoms. The Morgan fingerprint density at radius 2 is 2.05 bits per heavy atom. The van der Waals surface area contributed by atoms with Crippen molar-refractivity contribution >= 4 is 36.8 Å². The molecule has 2 bridgehead atoms. The van der Waals surface area contributed by atoms with Crippen LogP contribution >= 0.6 is 18.9 Å². The third-order valence-corrected chi connectivity index (χ3v) is 10.3. The number of likely N-dealkylation sites (tertiary alicyclic amines) is 1. The number of carbonyl (C=O) groups is 3. The lowest BCUT2D eigenvalue weighted by Gasteiger charge is -2.62. The molecule has 1 saturated carbocycles. The Labute approximate surface area is 249 Å². The molecule has 0 radical (unpaired) electrons. The zero-order valence-electron chi connectivity index (χ0n) is 23.9. The van der Waals surface area contributed by atoms with E-state index < -0.39 is 46.5 Å². The Bertz CT molecular complexity index is 1350. The molecule has 11 nitrogen and oxygen atoms in total. The molecule has 1 aromatic rings. The molecule has 1 amide bonds. The molecule has 7 atom stereocenters. The molecular weight excluding hydrogens is 580 g/mol. The van der Waals surface area contributed by atoms with Gasteiger partial charge in [0.15, 0.2) is 17.6 Å². The smallest absolute Gasteiger partial charge is 0.336 e. The number of nitrogens with one attached hydrogen (secondary N) is 1. The molecule has 2 aliphatic heterocycles. The van der Waals surface area contributed by atoms with Gasteiger partial charge in [-0.05, 0) is 76.1 Å². The average molecular weight is 620 g/mol. The van der Waals surface area contributed by atoms with Crippen LogP contribution in [0, 0.1) is 5.92 Å². The van der Waals surface area contributed by atoms with Gasteiger partial charge in [0.25, 0.3) is 0 Å². The predicted octanol–water partition coefficient (Wildman–Crippen LogP) is 1.79. The van der Waals surface area contributed by atoms with E-state index in [1.807, 2.05) is 15.5 Å². The SMILES string of the molecule is CC(C)(NC(=O)CCC(N)C(=O)OP)C(=O)OC1=CC[C@@]2(O)[C@H]3Cc4ccc(OP)c5c4[C@@]2(CCN3CC2CC2)[C@H]1O5. The quantitative estimate of drug-likeness (QED) is 0.261. The van der Waals surface area contributed by atoms with Gasteiger partial charge in [0.1, 0.15) is 17.3 Å². The van der Waals surface area contributed by atoms with Crippen molar-refractivity contribution < 1.29 is 38.0 Å². The van der Waals surface area contributed by atoms with E-state index in [2.05, 4.69) is 30.3 Å². The van der Waals surface area contributed by atoms with Crippen LogP contribution in [0.15, 0.2) is 24.0 Å². The molecule has 1 spiro atoms. The van der Waals surface area contributed by atoms with Crippen molar-refractivity contribution in [3.8, 4) is 11.5 Å². The van der Waals surface area contributed by atoms with Gasteiger partial charge in [0.2, 0.25) is 5.91 Å². The molecule has 3 unspecified atom stereocenters. The molecule has 1 aromatic carbocycles. The van der Waals surface area contributed by atoms with Crippen LogP contribution in [0.5, 0.6) is 11.5 Å². The monoisotopic (exact) mass is 619 g/mol. The number of carbonyl (C=O) groups excluding carboxylic acids is 3. The minimum absolute atomic E-state index is 0.0615. The maximum Gasteiger partial charge on any atom is 0.336 e. The number of piperidine rings is 1. The fourth-order valence-electron chi connectivity index (χ4n) is 7.44. The second kappa shape index (κ2) is 10.7. The van der Waals surface area contributed by atoms with Crippen LogP contribution in [0.1, 0.15) is 63.5 Å². The number of hydrogen-bond acceptors (Lipinski definition) is 10. The molecule has 3 aliphatic carbocycles. The lowest BCUT2D eigenvalue weighted by atomic mass is 9.50. The molecule has 2 heterocycles. The van der Waals surface area contributed by atoms with E-state index >= 15 is 0 Å². The number of rotatable bonds is 10. The molecule has 2 fully saturated rings. The van der Waals surface area contributed by atoms with E-state index in [1.54, 1.807) is 19.9 Å². The van der Waals surface area contributed by atoms with Crippen LogP contribution in [-0.4, -0.2) is 70.3 Å². The van der Waals surface area contributed by atoms with Gasteiger partial charge in [-0.1, -0.05) is 6.07 Å². The van der Waals surface area contributed by atoms with Crippen molar-refractivity contribution in [1.29, 1.82) is 0 Å². The third kappa shape index (κ3) is 4.63. The number of amides is 1. The second-order valence-electron chi connectivity index (χ2n) is 12.8. The number of esters is 1. The zero-order chi connectivity index (χ0) is 30.0. The highest BCUT2D eigenvalue weighted by atomic mass is 31.0. The largest absolute Gasteiger partial charge is 0.477 e. The number of nitrogens with two attached hydrogens (primary N) is 1. The van der Waals surface area contributed by atoms with Crippen LogP contribution in [0.25, 0.3) is 0 Å². The molecule has 5 aliphatic rings. The van der Waals surface area contributed by atoms with Crippen LogP contribution in [0.4, 0.5) is 0 Å². The van der Waals surface area contributed by atoms with Crippen molar-refractivity contribution in [2.75, 3.05) is 13.1 Å². The lowest BCUT2D eigenvalue weighted by Crippen LogP contribution is -2.75. The molecule has 228 valence electrons. The van der Waals surface area contributed by atoms with Gasteiger partial charge >= 0.3 is 11.9 Å². The molecule has 6 rings (SSSR count). The van der Waals surface area contributed by atoms with Gasteiger partial charge in [-0.15, -0.1) is 0 Å². The predicted molar refractivity (Wildman–Crippen MR) is 158 cm³/mol. The van der Waals surface area contributed by atoms with E-state index in [1.165, 1.54) is 12.8 Å². The van der Waals surface area contributed by atoms with E-state index in [4.69, 9.17) is 19.7 Å². The van der Waals surface area contributed by atoms with Crippen LogP contribution in [0.2, 0.25) is 0 Å². The lowest BCUT2D eigenvalue weighted by molar-refractivity contribution is -0.175. The summed E-state index contributed by atoms with van der Waals surface area (Å²) in [5.41, 5.74) is 4.50. The fourth-order valence-corrected chi connectivity index (χ4v) is 7.80. The molecule has 0 aromatic heterocycles. The summed E-state index contributed by atoms with van der Waals surface area (Å²) in [5, 5.41) is 15.3. The van der Waals surface area contributed by atoms with Gasteiger partial charge < -0.3 is 34.7 Å². The summed E-state index contributed by atoms with van der Waals surface area (Å²) in [5.74, 6) is 0.371. The van der Waals surface area contributed by atoms with Crippen molar-refractivity contribution in [3.05, 3.63) is 35.1 Å². The Balaban J connectivity index is 1.26. The zero-order valence-corrected chi connectivity index (χ0v) is 26.2. The summed E-state index contributed by atoms with van der Waals surface area (Å²) in [6, 6.07) is 2.91. The average Bonchev–Trinajstić information content (AvgIpc) is 3.70. The van der Waals surface area contributed by atoms with Crippen LogP contribution < -0.4 is 20.3 Å². The van der Waals surface area contributed by atoms with Gasteiger partial charge in [-0.2, -0.15) is 0 Å². The van der Waals surface area contributed by atoms with Gasteiger partial charge in [-0.25, -0.2) is 4.79 Å². The first-order valence-corrected chi connectivity index (χ1v) is 15.4. The van der Waals surface area contributed by atoms with Gasteiger partial charge in [0, 0.05) is 31.0 Å². The Morgan fingerprint density at radius 3 is 2.74 bits per heavy atom. The van der Waals surface area contributed by atoms with Crippen LogP contribution in [-0.2, 0) is 35.5 Å². The maximum atomic E-state index is 13.5. The summed E-state index contributed by atoms with van der Waals surface area (Å²) in [7, 11) is 4.10. The first-order valence-electron chi connectivity index (χ1n) is 14.5. The maximum absolute atomic E-state index is 13.5. The topological polar surface area (TPSA) is 150 Å². The first-order chi connectivity index (χ1) is 19.9. The number of ether oxygens (including phenoxy) is 2. The minimum atomic E-state index is -1.39. The third-order valence-electron chi connectivity index (χ3n) is 9.77. The number of aliphatic hydroxyl groups is 1. The highest BCUT2D eigenvalue weighted by Gasteiger charge is 2.72. The molecular formula is C29H39N3O8P2. The molecule has 42 heavy (non-hydrogen) atoms. The molecule has 4 N–H and O–H groups in total. The summed E-state index contributed by atoms with van der Waals surface area (Å²) >= 11 is 0. The van der Waals surface area contributed by atoms with Crippen molar-refractivity contribution in [1.82, 2.24) is 10.2 Å². The summed E-state index contributed by atoms with van der Waals surface area (Å²) in [6.45, 7) is 4.89. The van der Waals surface area contributed by atoms with E-state index in [0.29, 0.717) is 42.4 Å². The minimum Gasteiger partial charge on any atom is -0.477 e. The van der Waals surface area contributed by atoms with E-state index in [0.717, 1.165) is 24.2 Å². The van der Waals surface area contributed by atoms with E-state index in [-0.39, 0.29) is 18.9 Å². The van der Waals surface area contributed by atoms with Gasteiger partial charge in [0.05, 0.1) is 29.9 Å². The van der Waals surface area contributed by atoms with E-state index in [9.17, 15) is 19.5 Å². The number of benzene rings is 1. The summed E-state index contributed by atoms with van der Waals surface area (Å²) in [4.78, 5) is 40.1. The number of hydrogen-bond donors (Lipinski definition) is 3. The Kier molecular flexibility index (Phi) is 7.59. The summed E-state index contributed by atoms with van der Waals surface area (Å²) < 4.78 is 22.7. The highest BCUT2D eigenvalue weighted by Crippen LogP contribution is 2.65. The fraction of sp³-hybridized carbons (Fsp3) is 0.621. The summed E-state index contributed by atoms with van der Waals surface area (Å²) in [6.07, 6.45) is 5.16. The van der Waals surface area contributed by atoms with Crippen LogP contribution in [0.3, 0.4) is 0 Å². The van der Waals surface area contributed by atoms with Crippen molar-refractivity contribution in [2.45, 2.75) is 93.5 Å². The standard InChI is InChI=1S/C29H39N3O8P2/c1-27(2,31-21(33)8-6-17(30)25(34)40-42)26(35)37-19-9-10-29(36)20-13-16-5-7-18(39-41)23-22(16)28(29,24(19)38-23)11-12-32(20)14-15-3-4-15/h5,7,9,15,17,20,24,36H,3-4,6,8,10-14,30,41-42H2,1-2H3,(H,31,33)/t17?,20-,24+,28+,29-/m1/s1. The molecule has 1 saturated heterocycles. The Hall–Kier alpha value is -2.29.